The summed E-state index contributed by atoms with van der Waals surface area (Å²) < 4.78 is 5.71. The van der Waals surface area contributed by atoms with E-state index in [1.165, 1.54) is 5.56 Å². The Morgan fingerprint density at radius 3 is 2.67 bits per heavy atom. The van der Waals surface area contributed by atoms with E-state index in [0.717, 1.165) is 36.7 Å². The molecule has 2 nitrogen and oxygen atoms in total. The molecule has 2 heteroatoms. The summed E-state index contributed by atoms with van der Waals surface area (Å²) in [6.45, 7) is 4.12. The molecule has 1 saturated carbocycles. The van der Waals surface area contributed by atoms with E-state index in [1.54, 1.807) is 0 Å². The molecule has 1 heterocycles. The molecule has 0 spiro atoms. The molecule has 1 fully saturated rings. The first-order valence-electron chi connectivity index (χ1n) is 6.63. The van der Waals surface area contributed by atoms with Gasteiger partial charge in [-0.05, 0) is 38.0 Å². The Morgan fingerprint density at radius 1 is 1.22 bits per heavy atom. The van der Waals surface area contributed by atoms with Gasteiger partial charge in [0.15, 0.2) is 5.76 Å². The van der Waals surface area contributed by atoms with Gasteiger partial charge in [-0.25, -0.2) is 0 Å². The average Bonchev–Trinajstić information content (AvgIpc) is 2.94. The van der Waals surface area contributed by atoms with Gasteiger partial charge in [0.25, 0.3) is 0 Å². The zero-order valence-corrected chi connectivity index (χ0v) is 11.0. The fraction of sp³-hybridized carbons (Fsp3) is 0.438. The Balaban J connectivity index is 2.01. The predicted octanol–water partition coefficient (Wildman–Crippen LogP) is 4.50. The highest BCUT2D eigenvalue weighted by molar-refractivity contribution is 6.01. The Morgan fingerprint density at radius 2 is 1.94 bits per heavy atom. The van der Waals surface area contributed by atoms with Gasteiger partial charge in [0.1, 0.15) is 5.58 Å². The number of fused-ring (bicyclic) bond motifs is 1. The first-order chi connectivity index (χ1) is 8.58. The van der Waals surface area contributed by atoms with E-state index in [0.29, 0.717) is 5.76 Å². The fourth-order valence-corrected chi connectivity index (χ4v) is 2.95. The van der Waals surface area contributed by atoms with Crippen molar-refractivity contribution in [2.24, 2.45) is 5.41 Å². The normalized spacial score (nSPS) is 18.3. The van der Waals surface area contributed by atoms with E-state index in [4.69, 9.17) is 4.42 Å². The molecule has 18 heavy (non-hydrogen) atoms. The summed E-state index contributed by atoms with van der Waals surface area (Å²) in [4.78, 5) is 12.5. The highest BCUT2D eigenvalue weighted by Crippen LogP contribution is 2.41. The van der Waals surface area contributed by atoms with Crippen LogP contribution in [0.1, 0.15) is 48.7 Å². The molecule has 0 unspecified atom stereocenters. The molecule has 0 amide bonds. The molecule has 0 atom stereocenters. The van der Waals surface area contributed by atoms with Crippen molar-refractivity contribution in [3.05, 3.63) is 35.6 Å². The van der Waals surface area contributed by atoms with Crippen LogP contribution in [-0.4, -0.2) is 5.78 Å². The van der Waals surface area contributed by atoms with Gasteiger partial charge < -0.3 is 4.42 Å². The highest BCUT2D eigenvalue weighted by atomic mass is 16.3. The van der Waals surface area contributed by atoms with E-state index >= 15 is 0 Å². The van der Waals surface area contributed by atoms with Crippen LogP contribution in [-0.2, 0) is 0 Å². The summed E-state index contributed by atoms with van der Waals surface area (Å²) in [6.07, 6.45) is 4.28. The number of carbonyl (C=O) groups excluding carboxylic acids is 1. The predicted molar refractivity (Wildman–Crippen MR) is 71.9 cm³/mol. The van der Waals surface area contributed by atoms with Crippen LogP contribution in [0.5, 0.6) is 0 Å². The minimum atomic E-state index is -0.205. The van der Waals surface area contributed by atoms with Crippen molar-refractivity contribution in [1.29, 1.82) is 0 Å². The molecule has 0 aliphatic heterocycles. The minimum absolute atomic E-state index is 0.175. The molecule has 3 rings (SSSR count). The number of hydrogen-bond donors (Lipinski definition) is 0. The highest BCUT2D eigenvalue weighted by Gasteiger charge is 2.38. The molecule has 0 bridgehead atoms. The van der Waals surface area contributed by atoms with Crippen molar-refractivity contribution in [2.75, 3.05) is 0 Å². The summed E-state index contributed by atoms with van der Waals surface area (Å²) >= 11 is 0. The van der Waals surface area contributed by atoms with Crippen LogP contribution in [0.25, 0.3) is 11.0 Å². The monoisotopic (exact) mass is 242 g/mol. The molecule has 94 valence electrons. The van der Waals surface area contributed by atoms with E-state index in [-0.39, 0.29) is 11.2 Å². The van der Waals surface area contributed by atoms with Gasteiger partial charge in [0.2, 0.25) is 5.78 Å². The van der Waals surface area contributed by atoms with Crippen LogP contribution in [0.3, 0.4) is 0 Å². The molecular weight excluding hydrogens is 224 g/mol. The van der Waals surface area contributed by atoms with Crippen LogP contribution in [0, 0.1) is 12.3 Å². The van der Waals surface area contributed by atoms with Crippen LogP contribution in [0.2, 0.25) is 0 Å². The third kappa shape index (κ3) is 1.76. The lowest BCUT2D eigenvalue weighted by Gasteiger charge is -2.19. The Labute approximate surface area is 107 Å². The van der Waals surface area contributed by atoms with E-state index in [9.17, 15) is 4.79 Å². The molecule has 2 aromatic rings. The third-order valence-electron chi connectivity index (χ3n) is 4.15. The van der Waals surface area contributed by atoms with Crippen molar-refractivity contribution in [2.45, 2.75) is 39.5 Å². The van der Waals surface area contributed by atoms with Crippen LogP contribution in [0.15, 0.2) is 28.7 Å². The Hall–Kier alpha value is -1.57. The summed E-state index contributed by atoms with van der Waals surface area (Å²) in [5.74, 6) is 0.703. The molecule has 1 aromatic heterocycles. The molecule has 1 aliphatic carbocycles. The first kappa shape index (κ1) is 11.5. The lowest BCUT2D eigenvalue weighted by molar-refractivity contribution is 0.0795. The molecule has 1 aliphatic rings. The molecule has 0 radical (unpaired) electrons. The van der Waals surface area contributed by atoms with Gasteiger partial charge in [0.05, 0.1) is 0 Å². The number of carbonyl (C=O) groups is 1. The van der Waals surface area contributed by atoms with Crippen molar-refractivity contribution in [3.63, 3.8) is 0 Å². The Kier molecular flexibility index (Phi) is 2.54. The minimum Gasteiger partial charge on any atom is -0.453 e. The van der Waals surface area contributed by atoms with E-state index in [2.05, 4.69) is 13.0 Å². The lowest BCUT2D eigenvalue weighted by Crippen LogP contribution is -2.23. The van der Waals surface area contributed by atoms with Gasteiger partial charge in [-0.2, -0.15) is 0 Å². The third-order valence-corrected chi connectivity index (χ3v) is 4.15. The second kappa shape index (κ2) is 3.98. The average molecular weight is 242 g/mol. The maximum atomic E-state index is 12.5. The second-order valence-corrected chi connectivity index (χ2v) is 5.75. The topological polar surface area (TPSA) is 30.2 Å². The smallest absolute Gasteiger partial charge is 0.203 e. The number of furan rings is 1. The van der Waals surface area contributed by atoms with Crippen molar-refractivity contribution in [1.82, 2.24) is 0 Å². The summed E-state index contributed by atoms with van der Waals surface area (Å²) in [5, 5.41) is 1.03. The van der Waals surface area contributed by atoms with Crippen LogP contribution in [0.4, 0.5) is 0 Å². The first-order valence-corrected chi connectivity index (χ1v) is 6.63. The second-order valence-electron chi connectivity index (χ2n) is 5.75. The van der Waals surface area contributed by atoms with Gasteiger partial charge in [-0.1, -0.05) is 31.4 Å². The number of aryl methyl sites for hydroxylation is 1. The number of Topliss-reactive ketones (excluding diaryl/α,β-unsaturated/α-hetero) is 1. The molecule has 0 N–H and O–H groups in total. The summed E-state index contributed by atoms with van der Waals surface area (Å²) in [7, 11) is 0. The maximum Gasteiger partial charge on any atom is 0.203 e. The fourth-order valence-electron chi connectivity index (χ4n) is 2.95. The summed E-state index contributed by atoms with van der Waals surface area (Å²) in [6, 6.07) is 7.91. The zero-order valence-electron chi connectivity index (χ0n) is 11.0. The number of rotatable bonds is 2. The van der Waals surface area contributed by atoms with Crippen molar-refractivity contribution in [3.8, 4) is 0 Å². The largest absolute Gasteiger partial charge is 0.453 e. The molecular formula is C16H18O2. The van der Waals surface area contributed by atoms with Gasteiger partial charge >= 0.3 is 0 Å². The number of benzene rings is 1. The molecule has 1 aromatic carbocycles. The SMILES string of the molecule is Cc1ccc2oc(C(=O)C3(C)CCCC3)cc2c1. The van der Waals surface area contributed by atoms with Crippen LogP contribution >= 0.6 is 0 Å². The van der Waals surface area contributed by atoms with Gasteiger partial charge in [0, 0.05) is 10.8 Å². The van der Waals surface area contributed by atoms with Gasteiger partial charge in [-0.3, -0.25) is 4.79 Å². The van der Waals surface area contributed by atoms with E-state index < -0.39 is 0 Å². The zero-order chi connectivity index (χ0) is 12.8. The maximum absolute atomic E-state index is 12.5. The number of hydrogen-bond acceptors (Lipinski definition) is 2. The number of ketones is 1. The quantitative estimate of drug-likeness (QED) is 0.725. The Bertz CT molecular complexity index is 601. The summed E-state index contributed by atoms with van der Waals surface area (Å²) in [5.41, 5.74) is 1.79. The van der Waals surface area contributed by atoms with Crippen LogP contribution < -0.4 is 0 Å². The van der Waals surface area contributed by atoms with Crippen molar-refractivity contribution >= 4 is 16.8 Å². The van der Waals surface area contributed by atoms with E-state index in [1.807, 2.05) is 25.1 Å². The van der Waals surface area contributed by atoms with Crippen molar-refractivity contribution < 1.29 is 9.21 Å². The standard InChI is InChI=1S/C16H18O2/c1-11-5-6-13-12(9-11)10-14(18-13)15(17)16(2)7-3-4-8-16/h5-6,9-10H,3-4,7-8H2,1-2H3. The molecule has 0 saturated heterocycles. The van der Waals surface area contributed by atoms with Gasteiger partial charge in [-0.15, -0.1) is 0 Å². The lowest BCUT2D eigenvalue weighted by atomic mass is 9.83.